The van der Waals surface area contributed by atoms with E-state index in [2.05, 4.69) is 84.3 Å². The molecule has 0 spiro atoms. The normalized spacial score (nSPS) is 16.2. The van der Waals surface area contributed by atoms with Crippen molar-refractivity contribution in [1.29, 1.82) is 0 Å². The summed E-state index contributed by atoms with van der Waals surface area (Å²) in [5.41, 5.74) is 5.51. The maximum atomic E-state index is 13.0. The van der Waals surface area contributed by atoms with E-state index in [0.717, 1.165) is 29.1 Å². The highest BCUT2D eigenvalue weighted by atomic mass is 16.2. The summed E-state index contributed by atoms with van der Waals surface area (Å²) in [6, 6.07) is 31.4. The first kappa shape index (κ1) is 19.7. The smallest absolute Gasteiger partial charge is 0.227 e. The lowest BCUT2D eigenvalue weighted by molar-refractivity contribution is -0.117. The van der Waals surface area contributed by atoms with Gasteiger partial charge >= 0.3 is 0 Å². The number of aryl methyl sites for hydroxylation is 1. The van der Waals surface area contributed by atoms with Gasteiger partial charge in [-0.25, -0.2) is 4.98 Å². The monoisotopic (exact) mass is 431 g/mol. The Hall–Kier alpha value is -3.92. The van der Waals surface area contributed by atoms with E-state index in [1.807, 2.05) is 23.1 Å². The van der Waals surface area contributed by atoms with Gasteiger partial charge in [0.05, 0.1) is 11.0 Å². The van der Waals surface area contributed by atoms with E-state index < -0.39 is 0 Å². The second-order valence-electron chi connectivity index (χ2n) is 8.92. The lowest BCUT2D eigenvalue weighted by atomic mass is 10.0. The Morgan fingerprint density at radius 1 is 0.879 bits per heavy atom. The van der Waals surface area contributed by atoms with Gasteiger partial charge in [-0.15, -0.1) is 0 Å². The number of imidazole rings is 1. The fourth-order valence-corrected chi connectivity index (χ4v) is 5.03. The number of aromatic nitrogens is 2. The molecule has 33 heavy (non-hydrogen) atoms. The van der Waals surface area contributed by atoms with Crippen LogP contribution in [0.25, 0.3) is 21.8 Å². The van der Waals surface area contributed by atoms with Gasteiger partial charge in [0.25, 0.3) is 0 Å². The number of hydrogen-bond acceptors (Lipinski definition) is 2. The number of fused-ring (bicyclic) bond motifs is 2. The van der Waals surface area contributed by atoms with Crippen molar-refractivity contribution in [1.82, 2.24) is 9.55 Å². The third kappa shape index (κ3) is 3.48. The minimum Gasteiger partial charge on any atom is -0.323 e. The fraction of sp³-hybridized carbons (Fsp3) is 0.172. The van der Waals surface area contributed by atoms with E-state index >= 15 is 0 Å². The largest absolute Gasteiger partial charge is 0.323 e. The Kier molecular flexibility index (Phi) is 4.72. The standard InChI is InChI=1S/C29H25N3O/c1-20-13-15-24(16-14-20)31-19-23(17-28(31)33)29-30-26-11-4-5-12-27(26)32(29)18-22-9-6-8-21-7-2-3-10-25(21)22/h2-16,23H,17-19H2,1H3/t23-/m0/s1. The van der Waals surface area contributed by atoms with Crippen molar-refractivity contribution in [2.45, 2.75) is 25.8 Å². The molecular weight excluding hydrogens is 406 g/mol. The maximum Gasteiger partial charge on any atom is 0.227 e. The Morgan fingerprint density at radius 3 is 2.52 bits per heavy atom. The van der Waals surface area contributed by atoms with Gasteiger partial charge < -0.3 is 9.47 Å². The van der Waals surface area contributed by atoms with Crippen LogP contribution >= 0.6 is 0 Å². The average Bonchev–Trinajstić information content (AvgIpc) is 3.40. The van der Waals surface area contributed by atoms with Gasteiger partial charge in [-0.05, 0) is 47.5 Å². The predicted octanol–water partition coefficient (Wildman–Crippen LogP) is 6.07. The van der Waals surface area contributed by atoms with Gasteiger partial charge in [0.1, 0.15) is 5.82 Å². The van der Waals surface area contributed by atoms with Gasteiger partial charge in [-0.2, -0.15) is 0 Å². The highest BCUT2D eigenvalue weighted by Gasteiger charge is 2.34. The van der Waals surface area contributed by atoms with Crippen LogP contribution in [0.3, 0.4) is 0 Å². The highest BCUT2D eigenvalue weighted by molar-refractivity contribution is 5.96. The zero-order valence-corrected chi connectivity index (χ0v) is 18.6. The molecule has 2 heterocycles. The molecule has 1 fully saturated rings. The van der Waals surface area contributed by atoms with E-state index in [-0.39, 0.29) is 11.8 Å². The van der Waals surface area contributed by atoms with Crippen molar-refractivity contribution in [2.75, 3.05) is 11.4 Å². The molecule has 4 aromatic carbocycles. The molecule has 0 unspecified atom stereocenters. The molecule has 5 aromatic rings. The summed E-state index contributed by atoms with van der Waals surface area (Å²) in [5.74, 6) is 1.21. The van der Waals surface area contributed by atoms with Crippen LogP contribution in [0.2, 0.25) is 0 Å². The number of benzene rings is 4. The summed E-state index contributed by atoms with van der Waals surface area (Å²) in [5, 5.41) is 2.50. The molecule has 0 bridgehead atoms. The first-order valence-electron chi connectivity index (χ1n) is 11.5. The molecule has 1 aromatic heterocycles. The van der Waals surface area contributed by atoms with Crippen molar-refractivity contribution in [3.63, 3.8) is 0 Å². The number of anilines is 1. The zero-order chi connectivity index (χ0) is 22.4. The van der Waals surface area contributed by atoms with Crippen LogP contribution in [0, 0.1) is 6.92 Å². The summed E-state index contributed by atoms with van der Waals surface area (Å²) in [6.07, 6.45) is 0.479. The zero-order valence-electron chi connectivity index (χ0n) is 18.6. The van der Waals surface area contributed by atoms with Crippen LogP contribution in [0.4, 0.5) is 5.69 Å². The lowest BCUT2D eigenvalue weighted by Crippen LogP contribution is -2.24. The van der Waals surface area contributed by atoms with Crippen molar-refractivity contribution in [3.05, 3.63) is 108 Å². The number of amides is 1. The molecule has 4 nitrogen and oxygen atoms in total. The Morgan fingerprint density at radius 2 is 1.64 bits per heavy atom. The van der Waals surface area contributed by atoms with Crippen molar-refractivity contribution < 1.29 is 4.79 Å². The Balaban J connectivity index is 1.42. The molecule has 1 saturated heterocycles. The summed E-state index contributed by atoms with van der Waals surface area (Å²) in [6.45, 7) is 3.45. The number of carbonyl (C=O) groups excluding carboxylic acids is 1. The molecule has 162 valence electrons. The van der Waals surface area contributed by atoms with E-state index in [4.69, 9.17) is 4.98 Å². The van der Waals surface area contributed by atoms with Crippen molar-refractivity contribution in [2.24, 2.45) is 0 Å². The van der Waals surface area contributed by atoms with Gasteiger partial charge in [0.2, 0.25) is 5.91 Å². The second kappa shape index (κ2) is 7.89. The van der Waals surface area contributed by atoms with Gasteiger partial charge in [-0.3, -0.25) is 4.79 Å². The number of para-hydroxylation sites is 2. The van der Waals surface area contributed by atoms with Crippen LogP contribution < -0.4 is 4.90 Å². The molecule has 1 aliphatic rings. The lowest BCUT2D eigenvalue weighted by Gasteiger charge is -2.18. The van der Waals surface area contributed by atoms with Gasteiger partial charge in [0.15, 0.2) is 0 Å². The fourth-order valence-electron chi connectivity index (χ4n) is 5.03. The van der Waals surface area contributed by atoms with E-state index in [1.54, 1.807) is 0 Å². The molecule has 0 aliphatic carbocycles. The highest BCUT2D eigenvalue weighted by Crippen LogP contribution is 2.34. The summed E-state index contributed by atoms with van der Waals surface area (Å²) >= 11 is 0. The number of hydrogen-bond donors (Lipinski definition) is 0. The van der Waals surface area contributed by atoms with Gasteiger partial charge in [0, 0.05) is 31.1 Å². The third-order valence-electron chi connectivity index (χ3n) is 6.73. The third-order valence-corrected chi connectivity index (χ3v) is 6.73. The van der Waals surface area contributed by atoms with E-state index in [1.165, 1.54) is 21.9 Å². The van der Waals surface area contributed by atoms with Crippen molar-refractivity contribution in [3.8, 4) is 0 Å². The summed E-state index contributed by atoms with van der Waals surface area (Å²) < 4.78 is 2.31. The molecule has 4 heteroatoms. The average molecular weight is 432 g/mol. The molecule has 1 atom stereocenters. The van der Waals surface area contributed by atoms with Crippen LogP contribution in [-0.4, -0.2) is 22.0 Å². The van der Waals surface area contributed by atoms with Crippen LogP contribution in [-0.2, 0) is 11.3 Å². The number of nitrogens with zero attached hydrogens (tertiary/aromatic N) is 3. The molecular formula is C29H25N3O. The van der Waals surface area contributed by atoms with Crippen LogP contribution in [0.1, 0.15) is 29.3 Å². The molecule has 1 amide bonds. The first-order valence-corrected chi connectivity index (χ1v) is 11.5. The Bertz CT molecular complexity index is 1480. The van der Waals surface area contributed by atoms with Crippen LogP contribution in [0.5, 0.6) is 0 Å². The Labute approximate surface area is 193 Å². The molecule has 6 rings (SSSR count). The van der Waals surface area contributed by atoms with E-state index in [9.17, 15) is 4.79 Å². The maximum absolute atomic E-state index is 13.0. The van der Waals surface area contributed by atoms with E-state index in [0.29, 0.717) is 13.0 Å². The van der Waals surface area contributed by atoms with Gasteiger partial charge in [-0.1, -0.05) is 72.3 Å². The minimum atomic E-state index is 0.0566. The number of carbonyl (C=O) groups is 1. The van der Waals surface area contributed by atoms with Crippen molar-refractivity contribution >= 4 is 33.4 Å². The number of rotatable bonds is 4. The summed E-state index contributed by atoms with van der Waals surface area (Å²) in [7, 11) is 0. The SMILES string of the molecule is Cc1ccc(N2C[C@@H](c3nc4ccccc4n3Cc3cccc4ccccc34)CC2=O)cc1. The molecule has 0 saturated carbocycles. The predicted molar refractivity (Wildman–Crippen MR) is 134 cm³/mol. The quantitative estimate of drug-likeness (QED) is 0.347. The summed E-state index contributed by atoms with van der Waals surface area (Å²) in [4.78, 5) is 19.9. The molecule has 0 N–H and O–H groups in total. The minimum absolute atomic E-state index is 0.0566. The molecule has 1 aliphatic heterocycles. The topological polar surface area (TPSA) is 38.1 Å². The first-order chi connectivity index (χ1) is 16.2. The van der Waals surface area contributed by atoms with Crippen LogP contribution in [0.15, 0.2) is 91.0 Å². The molecule has 0 radical (unpaired) electrons. The second-order valence-corrected chi connectivity index (χ2v) is 8.92.